The van der Waals surface area contributed by atoms with E-state index in [0.717, 1.165) is 13.0 Å². The van der Waals surface area contributed by atoms with Gasteiger partial charge in [0.15, 0.2) is 0 Å². The third-order valence-electron chi connectivity index (χ3n) is 2.42. The highest BCUT2D eigenvalue weighted by molar-refractivity contribution is 6.34. The fourth-order valence-electron chi connectivity index (χ4n) is 1.46. The third-order valence-corrected chi connectivity index (χ3v) is 2.73. The monoisotopic (exact) mass is 321 g/mol. The number of nitrogens with one attached hydrogen (secondary N) is 2. The minimum Gasteiger partial charge on any atom is -0.351 e. The Balaban J connectivity index is 0.00000361. The quantitative estimate of drug-likeness (QED) is 0.459. The van der Waals surface area contributed by atoms with Gasteiger partial charge in [0.1, 0.15) is 0 Å². The summed E-state index contributed by atoms with van der Waals surface area (Å²) in [5.41, 5.74) is 0.105. The summed E-state index contributed by atoms with van der Waals surface area (Å²) in [7, 11) is 0. The van der Waals surface area contributed by atoms with E-state index in [1.807, 2.05) is 0 Å². The van der Waals surface area contributed by atoms with Gasteiger partial charge in [-0.2, -0.15) is 0 Å². The van der Waals surface area contributed by atoms with Crippen molar-refractivity contribution in [1.29, 1.82) is 0 Å². The molecule has 1 rings (SSSR count). The van der Waals surface area contributed by atoms with E-state index in [4.69, 9.17) is 11.6 Å². The maximum absolute atomic E-state index is 11.8. The molecule has 0 saturated heterocycles. The molecule has 8 heteroatoms. The molecular weight excluding hydrogens is 305 g/mol. The molecule has 0 aromatic heterocycles. The highest BCUT2D eigenvalue weighted by Gasteiger charge is 2.14. The lowest BCUT2D eigenvalue weighted by Crippen LogP contribution is -2.32. The van der Waals surface area contributed by atoms with Gasteiger partial charge < -0.3 is 10.6 Å². The summed E-state index contributed by atoms with van der Waals surface area (Å²) in [6, 6.07) is 3.79. The first kappa shape index (κ1) is 18.6. The fourth-order valence-corrected chi connectivity index (χ4v) is 1.72. The molecule has 0 atom stereocenters. The van der Waals surface area contributed by atoms with Gasteiger partial charge in [-0.3, -0.25) is 14.9 Å². The number of nitrogens with zero attached hydrogens (tertiary/aromatic N) is 1. The molecule has 0 aliphatic heterocycles. The van der Waals surface area contributed by atoms with Gasteiger partial charge in [-0.05, 0) is 19.0 Å². The van der Waals surface area contributed by atoms with E-state index in [1.165, 1.54) is 18.2 Å². The molecule has 0 bridgehead atoms. The number of hydrogen-bond donors (Lipinski definition) is 2. The number of amides is 1. The normalized spacial score (nSPS) is 9.70. The Hall–Kier alpha value is -1.37. The van der Waals surface area contributed by atoms with Crippen molar-refractivity contribution in [3.8, 4) is 0 Å². The van der Waals surface area contributed by atoms with E-state index >= 15 is 0 Å². The second kappa shape index (κ2) is 9.52. The predicted molar refractivity (Wildman–Crippen MR) is 80.8 cm³/mol. The van der Waals surface area contributed by atoms with E-state index in [0.29, 0.717) is 13.1 Å². The molecule has 1 aromatic carbocycles. The zero-order valence-corrected chi connectivity index (χ0v) is 12.6. The number of halogens is 2. The van der Waals surface area contributed by atoms with Crippen LogP contribution in [-0.4, -0.2) is 30.5 Å². The number of carbonyl (C=O) groups excluding carboxylic acids is 1. The standard InChI is InChI=1S/C12H16ClN3O3.ClH/c1-2-5-14-6-7-15-12(17)10-4-3-9(16(18)19)8-11(10)13;/h3-4,8,14H,2,5-7H2,1H3,(H,15,17);1H. The Morgan fingerprint density at radius 2 is 2.05 bits per heavy atom. The Morgan fingerprint density at radius 3 is 2.60 bits per heavy atom. The number of benzene rings is 1. The molecule has 6 nitrogen and oxygen atoms in total. The van der Waals surface area contributed by atoms with Gasteiger partial charge in [0.05, 0.1) is 15.5 Å². The lowest BCUT2D eigenvalue weighted by molar-refractivity contribution is -0.384. The molecule has 1 amide bonds. The predicted octanol–water partition coefficient (Wildman–Crippen LogP) is 2.40. The Bertz CT molecular complexity index is 469. The number of nitro benzene ring substituents is 1. The molecule has 0 spiro atoms. The van der Waals surface area contributed by atoms with Gasteiger partial charge in [-0.15, -0.1) is 12.4 Å². The van der Waals surface area contributed by atoms with Crippen LogP contribution in [0.4, 0.5) is 5.69 Å². The summed E-state index contributed by atoms with van der Waals surface area (Å²) in [5, 5.41) is 16.5. The van der Waals surface area contributed by atoms with Crippen molar-refractivity contribution in [2.24, 2.45) is 0 Å². The molecule has 0 radical (unpaired) electrons. The number of carbonyl (C=O) groups is 1. The van der Waals surface area contributed by atoms with Crippen LogP contribution in [0.3, 0.4) is 0 Å². The van der Waals surface area contributed by atoms with E-state index in [9.17, 15) is 14.9 Å². The van der Waals surface area contributed by atoms with Crippen LogP contribution in [0.15, 0.2) is 18.2 Å². The highest BCUT2D eigenvalue weighted by atomic mass is 35.5. The Morgan fingerprint density at radius 1 is 1.35 bits per heavy atom. The minimum atomic E-state index is -0.553. The molecule has 112 valence electrons. The van der Waals surface area contributed by atoms with Crippen LogP contribution in [-0.2, 0) is 0 Å². The van der Waals surface area contributed by atoms with Gasteiger partial charge in [-0.1, -0.05) is 18.5 Å². The highest BCUT2D eigenvalue weighted by Crippen LogP contribution is 2.22. The number of hydrogen-bond acceptors (Lipinski definition) is 4. The number of rotatable bonds is 7. The summed E-state index contributed by atoms with van der Waals surface area (Å²) in [4.78, 5) is 21.8. The maximum Gasteiger partial charge on any atom is 0.270 e. The van der Waals surface area contributed by atoms with Crippen LogP contribution in [0.25, 0.3) is 0 Å². The van der Waals surface area contributed by atoms with Crippen LogP contribution >= 0.6 is 24.0 Å². The zero-order chi connectivity index (χ0) is 14.3. The van der Waals surface area contributed by atoms with Crippen molar-refractivity contribution in [2.45, 2.75) is 13.3 Å². The first-order valence-corrected chi connectivity index (χ1v) is 6.37. The van der Waals surface area contributed by atoms with Crippen LogP contribution in [0.1, 0.15) is 23.7 Å². The molecular formula is C12H17Cl2N3O3. The van der Waals surface area contributed by atoms with Crippen LogP contribution in [0.5, 0.6) is 0 Å². The second-order valence-corrected chi connectivity index (χ2v) is 4.33. The Kier molecular flexibility index (Phi) is 8.87. The summed E-state index contributed by atoms with van der Waals surface area (Å²) in [5.74, 6) is -0.335. The fraction of sp³-hybridized carbons (Fsp3) is 0.417. The van der Waals surface area contributed by atoms with E-state index < -0.39 is 4.92 Å². The molecule has 0 heterocycles. The largest absolute Gasteiger partial charge is 0.351 e. The maximum atomic E-state index is 11.8. The second-order valence-electron chi connectivity index (χ2n) is 3.93. The first-order valence-electron chi connectivity index (χ1n) is 5.99. The topological polar surface area (TPSA) is 84.3 Å². The van der Waals surface area contributed by atoms with Gasteiger partial charge in [0.25, 0.3) is 11.6 Å². The van der Waals surface area contributed by atoms with E-state index in [1.54, 1.807) is 0 Å². The SMILES string of the molecule is CCCNCCNC(=O)c1ccc([N+](=O)[O-])cc1Cl.Cl. The molecule has 0 fully saturated rings. The van der Waals surface area contributed by atoms with Crippen LogP contribution in [0.2, 0.25) is 5.02 Å². The lowest BCUT2D eigenvalue weighted by Gasteiger charge is -2.07. The molecule has 0 saturated carbocycles. The first-order chi connectivity index (χ1) is 9.06. The summed E-state index contributed by atoms with van der Waals surface area (Å²) >= 11 is 5.85. The van der Waals surface area contributed by atoms with Crippen molar-refractivity contribution in [3.05, 3.63) is 38.9 Å². The molecule has 2 N–H and O–H groups in total. The zero-order valence-electron chi connectivity index (χ0n) is 11.0. The molecule has 0 aliphatic rings. The van der Waals surface area contributed by atoms with E-state index in [-0.39, 0.29) is 34.6 Å². The van der Waals surface area contributed by atoms with Crippen molar-refractivity contribution >= 4 is 35.6 Å². The third kappa shape index (κ3) is 5.73. The summed E-state index contributed by atoms with van der Waals surface area (Å²) < 4.78 is 0. The Labute approximate surface area is 128 Å². The van der Waals surface area contributed by atoms with Gasteiger partial charge in [-0.25, -0.2) is 0 Å². The summed E-state index contributed by atoms with van der Waals surface area (Å²) in [6.07, 6.45) is 1.03. The van der Waals surface area contributed by atoms with E-state index in [2.05, 4.69) is 17.6 Å². The average molecular weight is 322 g/mol. The molecule has 0 unspecified atom stereocenters. The smallest absolute Gasteiger partial charge is 0.270 e. The van der Waals surface area contributed by atoms with Crippen molar-refractivity contribution in [3.63, 3.8) is 0 Å². The van der Waals surface area contributed by atoms with Gasteiger partial charge >= 0.3 is 0 Å². The minimum absolute atomic E-state index is 0. The van der Waals surface area contributed by atoms with Crippen molar-refractivity contribution < 1.29 is 9.72 Å². The lowest BCUT2D eigenvalue weighted by atomic mass is 10.2. The van der Waals surface area contributed by atoms with Gasteiger partial charge in [0, 0.05) is 25.2 Å². The van der Waals surface area contributed by atoms with Crippen molar-refractivity contribution in [2.75, 3.05) is 19.6 Å². The molecule has 20 heavy (non-hydrogen) atoms. The van der Waals surface area contributed by atoms with Crippen LogP contribution in [0, 0.1) is 10.1 Å². The molecule has 0 aliphatic carbocycles. The molecule has 1 aromatic rings. The van der Waals surface area contributed by atoms with Crippen molar-refractivity contribution in [1.82, 2.24) is 10.6 Å². The summed E-state index contributed by atoms with van der Waals surface area (Å²) in [6.45, 7) is 4.10. The van der Waals surface area contributed by atoms with Crippen LogP contribution < -0.4 is 10.6 Å². The average Bonchev–Trinajstić information content (AvgIpc) is 2.38. The van der Waals surface area contributed by atoms with Gasteiger partial charge in [0.2, 0.25) is 0 Å². The number of nitro groups is 1. The number of non-ortho nitro benzene ring substituents is 1.